The molecule has 0 saturated heterocycles. The number of carbonyl (C=O) groups is 2. The van der Waals surface area contributed by atoms with Crippen LogP contribution in [0.3, 0.4) is 0 Å². The van der Waals surface area contributed by atoms with Crippen LogP contribution in [-0.2, 0) is 11.3 Å². The van der Waals surface area contributed by atoms with Crippen molar-refractivity contribution in [2.75, 3.05) is 16.0 Å². The summed E-state index contributed by atoms with van der Waals surface area (Å²) in [4.78, 5) is 36.7. The Morgan fingerprint density at radius 1 is 1.23 bits per heavy atom. The minimum atomic E-state index is -0.941. The van der Waals surface area contributed by atoms with Gasteiger partial charge in [0.1, 0.15) is 11.6 Å². The zero-order chi connectivity index (χ0) is 22.0. The summed E-state index contributed by atoms with van der Waals surface area (Å²) in [6.07, 6.45) is 3.03. The molecule has 1 aromatic carbocycles. The molecule has 31 heavy (non-hydrogen) atoms. The molecule has 0 saturated carbocycles. The fourth-order valence-electron chi connectivity index (χ4n) is 2.95. The number of amides is 2. The maximum Gasteiger partial charge on any atom is 0.268 e. The fourth-order valence-corrected chi connectivity index (χ4v) is 2.95. The van der Waals surface area contributed by atoms with Crippen LogP contribution >= 0.6 is 0 Å². The van der Waals surface area contributed by atoms with E-state index >= 15 is 0 Å². The Bertz CT molecular complexity index is 1150. The third-order valence-electron chi connectivity index (χ3n) is 4.61. The summed E-state index contributed by atoms with van der Waals surface area (Å²) in [5.74, 6) is 0.216. The van der Waals surface area contributed by atoms with E-state index in [0.29, 0.717) is 23.7 Å². The van der Waals surface area contributed by atoms with Gasteiger partial charge in [0, 0.05) is 18.1 Å². The van der Waals surface area contributed by atoms with Crippen molar-refractivity contribution in [1.29, 1.82) is 0 Å². The quantitative estimate of drug-likeness (QED) is 0.477. The molecule has 0 spiro atoms. The molecule has 10 heteroatoms. The zero-order valence-corrected chi connectivity index (χ0v) is 17.0. The third kappa shape index (κ3) is 4.37. The normalized spacial score (nSPS) is 14.1. The molecule has 5 N–H and O–H groups in total. The number of benzene rings is 1. The summed E-state index contributed by atoms with van der Waals surface area (Å²) in [6, 6.07) is 10.8. The van der Waals surface area contributed by atoms with E-state index in [2.05, 4.69) is 30.9 Å². The zero-order valence-electron chi connectivity index (χ0n) is 17.0. The van der Waals surface area contributed by atoms with Gasteiger partial charge in [-0.3, -0.25) is 14.6 Å². The molecular weight excluding hydrogens is 398 g/mol. The van der Waals surface area contributed by atoms with E-state index in [1.165, 1.54) is 6.20 Å². The average molecular weight is 419 g/mol. The van der Waals surface area contributed by atoms with Crippen molar-refractivity contribution in [2.24, 2.45) is 5.73 Å². The number of anilines is 4. The first kappa shape index (κ1) is 20.1. The number of rotatable bonds is 6. The summed E-state index contributed by atoms with van der Waals surface area (Å²) in [7, 11) is 0. The first-order valence-corrected chi connectivity index (χ1v) is 9.54. The van der Waals surface area contributed by atoms with Gasteiger partial charge in [-0.1, -0.05) is 6.07 Å². The van der Waals surface area contributed by atoms with Crippen LogP contribution in [0.5, 0.6) is 5.75 Å². The highest BCUT2D eigenvalue weighted by Crippen LogP contribution is 2.36. The van der Waals surface area contributed by atoms with E-state index in [-0.39, 0.29) is 23.2 Å². The molecule has 0 radical (unpaired) electrons. The number of nitrogens with two attached hydrogens (primary N) is 1. The number of carbonyl (C=O) groups excluding carboxylic acids is 2. The van der Waals surface area contributed by atoms with Gasteiger partial charge in [0.15, 0.2) is 5.60 Å². The first-order valence-electron chi connectivity index (χ1n) is 9.54. The third-order valence-corrected chi connectivity index (χ3v) is 4.61. The van der Waals surface area contributed by atoms with Crippen molar-refractivity contribution < 1.29 is 14.3 Å². The number of hydrogen-bond donors (Lipinski definition) is 4. The summed E-state index contributed by atoms with van der Waals surface area (Å²) in [6.45, 7) is 3.76. The van der Waals surface area contributed by atoms with Gasteiger partial charge in [0.2, 0.25) is 5.95 Å². The van der Waals surface area contributed by atoms with Crippen molar-refractivity contribution in [1.82, 2.24) is 15.0 Å². The highest BCUT2D eigenvalue weighted by Gasteiger charge is 2.35. The summed E-state index contributed by atoms with van der Waals surface area (Å²) < 4.78 is 5.73. The lowest BCUT2D eigenvalue weighted by Crippen LogP contribution is -2.45. The topological polar surface area (TPSA) is 144 Å². The van der Waals surface area contributed by atoms with Gasteiger partial charge in [-0.2, -0.15) is 4.98 Å². The number of ether oxygens (including phenoxy) is 1. The Morgan fingerprint density at radius 2 is 2.06 bits per heavy atom. The predicted molar refractivity (Wildman–Crippen MR) is 115 cm³/mol. The summed E-state index contributed by atoms with van der Waals surface area (Å²) in [5, 5.41) is 8.95. The lowest BCUT2D eigenvalue weighted by Gasteiger charge is -2.31. The van der Waals surface area contributed by atoms with E-state index in [4.69, 9.17) is 10.5 Å². The number of fused-ring (bicyclic) bond motifs is 1. The van der Waals surface area contributed by atoms with Crippen LogP contribution in [-0.4, -0.2) is 32.4 Å². The smallest absolute Gasteiger partial charge is 0.268 e. The van der Waals surface area contributed by atoms with Gasteiger partial charge >= 0.3 is 0 Å². The highest BCUT2D eigenvalue weighted by atomic mass is 16.5. The van der Waals surface area contributed by atoms with Crippen molar-refractivity contribution >= 4 is 35.0 Å². The van der Waals surface area contributed by atoms with E-state index in [9.17, 15) is 9.59 Å². The van der Waals surface area contributed by atoms with Crippen LogP contribution in [0, 0.1) is 0 Å². The molecule has 3 heterocycles. The van der Waals surface area contributed by atoms with E-state index in [1.807, 2.05) is 18.2 Å². The molecular formula is C21H21N7O3. The predicted octanol–water partition coefficient (Wildman–Crippen LogP) is 2.44. The van der Waals surface area contributed by atoms with Crippen LogP contribution in [0.1, 0.15) is 29.9 Å². The minimum absolute atomic E-state index is 0.162. The molecule has 158 valence electrons. The Morgan fingerprint density at radius 3 is 2.81 bits per heavy atom. The number of hydrogen-bond acceptors (Lipinski definition) is 8. The van der Waals surface area contributed by atoms with Gasteiger partial charge in [0.05, 0.1) is 23.5 Å². The van der Waals surface area contributed by atoms with Crippen molar-refractivity contribution in [3.8, 4) is 5.75 Å². The van der Waals surface area contributed by atoms with Crippen molar-refractivity contribution in [2.45, 2.75) is 26.0 Å². The second kappa shape index (κ2) is 7.90. The molecule has 0 bridgehead atoms. The largest absolute Gasteiger partial charge is 0.476 e. The average Bonchev–Trinajstić information content (AvgIpc) is 2.74. The van der Waals surface area contributed by atoms with Gasteiger partial charge in [-0.15, -0.1) is 0 Å². The van der Waals surface area contributed by atoms with Gasteiger partial charge in [0.25, 0.3) is 11.8 Å². The molecule has 2 amide bonds. The monoisotopic (exact) mass is 419 g/mol. The molecule has 0 fully saturated rings. The number of aromatic nitrogens is 3. The highest BCUT2D eigenvalue weighted by molar-refractivity contribution is 6.00. The Balaban J connectivity index is 1.55. The SMILES string of the molecule is CC1(C)Oc2ccc(Nc3ncc(C(N)=O)c(NCc4ccccn4)n3)cc2NC1=O. The van der Waals surface area contributed by atoms with Crippen molar-refractivity contribution in [3.05, 3.63) is 60.0 Å². The lowest BCUT2D eigenvalue weighted by atomic mass is 10.1. The Labute approximate surface area is 178 Å². The molecule has 1 aliphatic heterocycles. The van der Waals surface area contributed by atoms with Gasteiger partial charge in [-0.05, 0) is 44.2 Å². The fraction of sp³-hybridized carbons (Fsp3) is 0.190. The van der Waals surface area contributed by atoms with Crippen LogP contribution in [0.15, 0.2) is 48.8 Å². The van der Waals surface area contributed by atoms with Crippen LogP contribution < -0.4 is 26.4 Å². The maximum absolute atomic E-state index is 12.1. The van der Waals surface area contributed by atoms with E-state index in [1.54, 1.807) is 38.2 Å². The van der Waals surface area contributed by atoms with E-state index in [0.717, 1.165) is 5.69 Å². The number of nitrogens with one attached hydrogen (secondary N) is 3. The minimum Gasteiger partial charge on any atom is -0.476 e. The van der Waals surface area contributed by atoms with Crippen LogP contribution in [0.2, 0.25) is 0 Å². The molecule has 2 aromatic heterocycles. The van der Waals surface area contributed by atoms with Gasteiger partial charge < -0.3 is 26.4 Å². The lowest BCUT2D eigenvalue weighted by molar-refractivity contribution is -0.129. The van der Waals surface area contributed by atoms with Crippen molar-refractivity contribution in [3.63, 3.8) is 0 Å². The van der Waals surface area contributed by atoms with E-state index < -0.39 is 11.5 Å². The first-order chi connectivity index (χ1) is 14.8. The molecule has 10 nitrogen and oxygen atoms in total. The number of primary amides is 1. The second-order valence-corrected chi connectivity index (χ2v) is 7.40. The Kier molecular flexibility index (Phi) is 5.12. The summed E-state index contributed by atoms with van der Waals surface area (Å²) in [5.41, 5.74) is 6.61. The standard InChI is InChI=1S/C21H21N7O3/c1-21(2)19(30)27-15-9-12(6-7-16(15)31-21)26-20-25-11-14(17(22)29)18(28-20)24-10-13-5-3-4-8-23-13/h3-9,11H,10H2,1-2H3,(H2,22,29)(H,27,30)(H2,24,25,26,28). The number of pyridine rings is 1. The molecule has 3 aromatic rings. The summed E-state index contributed by atoms with van der Waals surface area (Å²) >= 11 is 0. The Hall–Kier alpha value is -4.21. The molecule has 0 aliphatic carbocycles. The van der Waals surface area contributed by atoms with Crippen LogP contribution in [0.4, 0.5) is 23.1 Å². The molecule has 0 atom stereocenters. The van der Waals surface area contributed by atoms with Gasteiger partial charge in [-0.25, -0.2) is 4.98 Å². The van der Waals surface area contributed by atoms with Crippen LogP contribution in [0.25, 0.3) is 0 Å². The molecule has 4 rings (SSSR count). The second-order valence-electron chi connectivity index (χ2n) is 7.40. The molecule has 1 aliphatic rings. The maximum atomic E-state index is 12.1. The molecule has 0 unspecified atom stereocenters. The number of nitrogens with zero attached hydrogens (tertiary/aromatic N) is 3.